The first kappa shape index (κ1) is 8.23. The number of esters is 1. The van der Waals surface area contributed by atoms with Crippen molar-refractivity contribution in [3.8, 4) is 0 Å². The van der Waals surface area contributed by atoms with Crippen LogP contribution in [-0.4, -0.2) is 18.8 Å². The zero-order chi connectivity index (χ0) is 7.11. The van der Waals surface area contributed by atoms with Gasteiger partial charge in [0.05, 0.1) is 6.61 Å². The fraction of sp³-hybridized carbons (Fsp3) is 0.500. The van der Waals surface area contributed by atoms with Crippen LogP contribution >= 0.6 is 11.9 Å². The van der Waals surface area contributed by atoms with E-state index in [1.54, 1.807) is 6.92 Å². The van der Waals surface area contributed by atoms with Gasteiger partial charge in [-0.3, -0.25) is 4.39 Å². The van der Waals surface area contributed by atoms with Crippen LogP contribution < -0.4 is 0 Å². The summed E-state index contributed by atoms with van der Waals surface area (Å²) < 4.78 is 8.12. The van der Waals surface area contributed by atoms with E-state index >= 15 is 0 Å². The summed E-state index contributed by atoms with van der Waals surface area (Å²) >= 11 is 4.64. The lowest BCUT2D eigenvalue weighted by Gasteiger charge is -1.91. The lowest BCUT2D eigenvalue weighted by molar-refractivity contribution is -0.134. The Kier molecular flexibility index (Phi) is 4.91. The molecule has 0 atom stereocenters. The Morgan fingerprint density at radius 2 is 2.56 bits per heavy atom. The lowest BCUT2D eigenvalue weighted by Crippen LogP contribution is -2.04. The minimum Gasteiger partial charge on any atom is -0.462 e. The average molecular weight is 152 g/mol. The zero-order valence-corrected chi connectivity index (χ0v) is 5.59. The van der Waals surface area contributed by atoms with Crippen LogP contribution in [0.25, 0.3) is 0 Å². The number of rotatable bonds is 3. The number of carbonyl (C=O) groups is 1. The molecule has 0 spiro atoms. The van der Waals surface area contributed by atoms with E-state index in [2.05, 4.69) is 26.1 Å². The molecule has 5 heteroatoms. The van der Waals surface area contributed by atoms with Gasteiger partial charge in [0.15, 0.2) is 18.1 Å². The quantitative estimate of drug-likeness (QED) is 0.339. The third kappa shape index (κ3) is 5.10. The highest BCUT2D eigenvalue weighted by Gasteiger charge is 1.92. The van der Waals surface area contributed by atoms with Gasteiger partial charge in [-0.15, -0.1) is 0 Å². The number of hydrogen-bond acceptors (Lipinski definition) is 4. The number of hydrogen-bond donors (Lipinski definition) is 0. The average Bonchev–Trinajstić information content (AvgIpc) is 1.85. The number of oxime groups is 1. The van der Waals surface area contributed by atoms with Gasteiger partial charge in [-0.1, -0.05) is 5.16 Å². The highest BCUT2D eigenvalue weighted by atomic mass is 35.5. The molecule has 0 amide bonds. The zero-order valence-electron chi connectivity index (χ0n) is 4.83. The molecule has 0 bridgehead atoms. The first-order valence-corrected chi connectivity index (χ1v) is 2.60. The highest BCUT2D eigenvalue weighted by Crippen LogP contribution is 1.79. The van der Waals surface area contributed by atoms with Crippen molar-refractivity contribution in [2.75, 3.05) is 6.61 Å². The first-order valence-electron chi connectivity index (χ1n) is 2.29. The maximum absolute atomic E-state index is 10.3. The summed E-state index contributed by atoms with van der Waals surface area (Å²) in [5.41, 5.74) is 0. The maximum atomic E-state index is 10.3. The van der Waals surface area contributed by atoms with Crippen LogP contribution in [0, 0.1) is 0 Å². The number of ether oxygens (including phenoxy) is 1. The molecule has 0 aromatic heterocycles. The van der Waals surface area contributed by atoms with Gasteiger partial charge in [0.1, 0.15) is 0 Å². The molecule has 0 saturated heterocycles. The third-order valence-corrected chi connectivity index (χ3v) is 0.564. The number of halogens is 1. The Labute approximate surface area is 57.5 Å². The predicted octanol–water partition coefficient (Wildman–Crippen LogP) is 0.706. The summed E-state index contributed by atoms with van der Waals surface area (Å²) in [6.45, 7) is 2.00. The monoisotopic (exact) mass is 151 g/mol. The van der Waals surface area contributed by atoms with Crippen LogP contribution in [0.15, 0.2) is 5.16 Å². The summed E-state index contributed by atoms with van der Waals surface area (Å²) in [6, 6.07) is 0. The van der Waals surface area contributed by atoms with Gasteiger partial charge >= 0.3 is 5.97 Å². The summed E-state index contributed by atoms with van der Waals surface area (Å²) in [7, 11) is 0. The number of nitrogens with zero attached hydrogens (tertiary/aromatic N) is 1. The molecule has 0 radical (unpaired) electrons. The molecule has 4 nitrogen and oxygen atoms in total. The summed E-state index contributed by atoms with van der Waals surface area (Å²) in [5.74, 6) is -0.571. The Morgan fingerprint density at radius 3 is 3.00 bits per heavy atom. The molecule has 52 valence electrons. The molecule has 0 unspecified atom stereocenters. The molecule has 0 aliphatic heterocycles. The third-order valence-electron chi connectivity index (χ3n) is 0.485. The van der Waals surface area contributed by atoms with Crippen molar-refractivity contribution in [3.05, 3.63) is 0 Å². The predicted molar refractivity (Wildman–Crippen MR) is 32.1 cm³/mol. The van der Waals surface area contributed by atoms with Crippen molar-refractivity contribution >= 4 is 24.0 Å². The van der Waals surface area contributed by atoms with Crippen molar-refractivity contribution in [1.82, 2.24) is 0 Å². The van der Waals surface area contributed by atoms with E-state index in [-0.39, 0.29) is 0 Å². The number of carbonyl (C=O) groups excluding carboxylic acids is 1. The molecular formula is C4H6ClNO3. The summed E-state index contributed by atoms with van der Waals surface area (Å²) in [5, 5.41) is 2.96. The maximum Gasteiger partial charge on any atom is 0.352 e. The van der Waals surface area contributed by atoms with Crippen LogP contribution in [0.5, 0.6) is 0 Å². The van der Waals surface area contributed by atoms with Crippen LogP contribution in [-0.2, 0) is 13.9 Å². The summed E-state index contributed by atoms with van der Waals surface area (Å²) in [6.07, 6.45) is 0.844. The molecule has 9 heavy (non-hydrogen) atoms. The fourth-order valence-electron chi connectivity index (χ4n) is 0.242. The van der Waals surface area contributed by atoms with Gasteiger partial charge in [-0.25, -0.2) is 4.79 Å². The van der Waals surface area contributed by atoms with Gasteiger partial charge in [0, 0.05) is 0 Å². The van der Waals surface area contributed by atoms with Crippen molar-refractivity contribution < 1.29 is 13.9 Å². The van der Waals surface area contributed by atoms with E-state index in [1.807, 2.05) is 0 Å². The Hall–Kier alpha value is -0.770. The second-order valence-corrected chi connectivity index (χ2v) is 1.19. The van der Waals surface area contributed by atoms with E-state index in [4.69, 9.17) is 0 Å². The standard InChI is InChI=1S/C4H6ClNO3/c1-2-8-4(7)3-6-9-5/h3H,2H2,1H3/b6-3-. The smallest absolute Gasteiger partial charge is 0.352 e. The molecule has 0 aliphatic rings. The van der Waals surface area contributed by atoms with Gasteiger partial charge < -0.3 is 4.74 Å². The largest absolute Gasteiger partial charge is 0.462 e. The SMILES string of the molecule is CCOC(=O)/C=N\OCl. The first-order chi connectivity index (χ1) is 4.31. The topological polar surface area (TPSA) is 47.9 Å². The minimum absolute atomic E-state index is 0.313. The second-order valence-electron chi connectivity index (χ2n) is 1.06. The molecule has 0 aromatic rings. The second kappa shape index (κ2) is 5.37. The van der Waals surface area contributed by atoms with Gasteiger partial charge in [0.2, 0.25) is 0 Å². The highest BCUT2D eigenvalue weighted by molar-refractivity contribution is 6.23. The van der Waals surface area contributed by atoms with E-state index in [1.165, 1.54) is 0 Å². The van der Waals surface area contributed by atoms with Crippen molar-refractivity contribution in [3.63, 3.8) is 0 Å². The molecule has 0 N–H and O–H groups in total. The van der Waals surface area contributed by atoms with Crippen LogP contribution in [0.1, 0.15) is 6.92 Å². The molecule has 0 fully saturated rings. The lowest BCUT2D eigenvalue weighted by atomic mass is 10.7. The molecule has 0 rings (SSSR count). The Balaban J connectivity index is 3.37. The van der Waals surface area contributed by atoms with Gasteiger partial charge in [-0.2, -0.15) is 0 Å². The molecular weight excluding hydrogens is 146 g/mol. The van der Waals surface area contributed by atoms with Gasteiger partial charge in [0.25, 0.3) is 0 Å². The van der Waals surface area contributed by atoms with Crippen molar-refractivity contribution in [2.45, 2.75) is 6.92 Å². The Morgan fingerprint density at radius 1 is 1.89 bits per heavy atom. The Bertz CT molecular complexity index is 114. The molecule has 0 aliphatic carbocycles. The van der Waals surface area contributed by atoms with E-state index in [9.17, 15) is 4.79 Å². The van der Waals surface area contributed by atoms with E-state index < -0.39 is 5.97 Å². The molecule has 0 aromatic carbocycles. The normalized spacial score (nSPS) is 9.56. The molecule has 0 saturated carbocycles. The van der Waals surface area contributed by atoms with Crippen molar-refractivity contribution in [2.24, 2.45) is 5.16 Å². The van der Waals surface area contributed by atoms with Crippen LogP contribution in [0.2, 0.25) is 0 Å². The fourth-order valence-corrected chi connectivity index (χ4v) is 0.282. The van der Waals surface area contributed by atoms with Crippen molar-refractivity contribution in [1.29, 1.82) is 0 Å². The minimum atomic E-state index is -0.571. The van der Waals surface area contributed by atoms with Crippen LogP contribution in [0.4, 0.5) is 0 Å². The summed E-state index contributed by atoms with van der Waals surface area (Å²) in [4.78, 5) is 10.3. The van der Waals surface area contributed by atoms with Crippen LogP contribution in [0.3, 0.4) is 0 Å². The van der Waals surface area contributed by atoms with E-state index in [0.717, 1.165) is 6.21 Å². The van der Waals surface area contributed by atoms with Gasteiger partial charge in [-0.05, 0) is 6.92 Å². The molecule has 0 heterocycles. The van der Waals surface area contributed by atoms with E-state index in [0.29, 0.717) is 6.61 Å².